The van der Waals surface area contributed by atoms with Gasteiger partial charge in [-0.05, 0) is 26.2 Å². The van der Waals surface area contributed by atoms with E-state index in [1.807, 2.05) is 0 Å². The first-order valence-electron chi connectivity index (χ1n) is 6.16. The summed E-state index contributed by atoms with van der Waals surface area (Å²) >= 11 is 0. The van der Waals surface area contributed by atoms with Gasteiger partial charge in [-0.15, -0.1) is 0 Å². The van der Waals surface area contributed by atoms with Crippen molar-refractivity contribution < 1.29 is 14.1 Å². The number of carbonyl (C=O) groups is 2. The van der Waals surface area contributed by atoms with Crippen molar-refractivity contribution in [3.63, 3.8) is 0 Å². The Morgan fingerprint density at radius 3 is 2.72 bits per heavy atom. The SMILES string of the molecule is Cc1cc(NC(=O)CC(=O)N2CCCCC2)no1. The first-order chi connectivity index (χ1) is 8.65. The molecule has 2 rings (SSSR count). The molecule has 0 radical (unpaired) electrons. The van der Waals surface area contributed by atoms with Crippen molar-refractivity contribution >= 4 is 17.6 Å². The number of anilines is 1. The minimum absolute atomic E-state index is 0.118. The first kappa shape index (κ1) is 12.6. The Kier molecular flexibility index (Phi) is 3.96. The monoisotopic (exact) mass is 251 g/mol. The van der Waals surface area contributed by atoms with E-state index in [0.29, 0.717) is 11.6 Å². The zero-order valence-corrected chi connectivity index (χ0v) is 10.4. The molecule has 0 bridgehead atoms. The van der Waals surface area contributed by atoms with Crippen molar-refractivity contribution in [2.75, 3.05) is 18.4 Å². The third-order valence-electron chi connectivity index (χ3n) is 2.92. The van der Waals surface area contributed by atoms with E-state index in [9.17, 15) is 9.59 Å². The maximum absolute atomic E-state index is 11.8. The van der Waals surface area contributed by atoms with Gasteiger partial charge >= 0.3 is 0 Å². The average molecular weight is 251 g/mol. The molecule has 1 N–H and O–H groups in total. The van der Waals surface area contributed by atoms with Gasteiger partial charge in [-0.1, -0.05) is 5.16 Å². The van der Waals surface area contributed by atoms with Crippen LogP contribution in [0.1, 0.15) is 31.4 Å². The molecule has 6 heteroatoms. The molecule has 0 spiro atoms. The van der Waals surface area contributed by atoms with Crippen LogP contribution in [-0.4, -0.2) is 35.0 Å². The van der Waals surface area contributed by atoms with Gasteiger partial charge in [0.15, 0.2) is 5.82 Å². The second-order valence-corrected chi connectivity index (χ2v) is 4.49. The van der Waals surface area contributed by atoms with E-state index in [1.165, 1.54) is 0 Å². The zero-order chi connectivity index (χ0) is 13.0. The minimum Gasteiger partial charge on any atom is -0.360 e. The first-order valence-corrected chi connectivity index (χ1v) is 6.16. The van der Waals surface area contributed by atoms with Gasteiger partial charge < -0.3 is 14.7 Å². The van der Waals surface area contributed by atoms with Crippen molar-refractivity contribution in [1.82, 2.24) is 10.1 Å². The lowest BCUT2D eigenvalue weighted by Crippen LogP contribution is -2.37. The molecule has 98 valence electrons. The number of nitrogens with zero attached hydrogens (tertiary/aromatic N) is 2. The lowest BCUT2D eigenvalue weighted by molar-refractivity contribution is -0.135. The van der Waals surface area contributed by atoms with Crippen LogP contribution < -0.4 is 5.32 Å². The maximum atomic E-state index is 11.8. The fraction of sp³-hybridized carbons (Fsp3) is 0.583. The third-order valence-corrected chi connectivity index (χ3v) is 2.92. The summed E-state index contributed by atoms with van der Waals surface area (Å²) in [6.07, 6.45) is 3.08. The predicted octanol–water partition coefficient (Wildman–Crippen LogP) is 1.32. The number of piperidine rings is 1. The number of aryl methyl sites for hydroxylation is 1. The number of rotatable bonds is 3. The molecular weight excluding hydrogens is 234 g/mol. The summed E-state index contributed by atoms with van der Waals surface area (Å²) in [6, 6.07) is 1.61. The van der Waals surface area contributed by atoms with Gasteiger partial charge in [0.2, 0.25) is 11.8 Å². The number of nitrogens with one attached hydrogen (secondary N) is 1. The predicted molar refractivity (Wildman–Crippen MR) is 64.9 cm³/mol. The molecule has 2 heterocycles. The number of hydrogen-bond donors (Lipinski definition) is 1. The molecule has 1 aliphatic heterocycles. The van der Waals surface area contributed by atoms with Gasteiger partial charge in [0.05, 0.1) is 0 Å². The average Bonchev–Trinajstić information content (AvgIpc) is 2.75. The fourth-order valence-corrected chi connectivity index (χ4v) is 2.00. The highest BCUT2D eigenvalue weighted by Crippen LogP contribution is 2.11. The topological polar surface area (TPSA) is 75.4 Å². The van der Waals surface area contributed by atoms with Crippen LogP contribution in [0.3, 0.4) is 0 Å². The molecule has 18 heavy (non-hydrogen) atoms. The van der Waals surface area contributed by atoms with Crippen LogP contribution in [0.15, 0.2) is 10.6 Å². The Morgan fingerprint density at radius 2 is 2.11 bits per heavy atom. The zero-order valence-electron chi connectivity index (χ0n) is 10.4. The van der Waals surface area contributed by atoms with E-state index < -0.39 is 0 Å². The van der Waals surface area contributed by atoms with E-state index in [1.54, 1.807) is 17.9 Å². The molecule has 2 amide bonds. The van der Waals surface area contributed by atoms with Crippen LogP contribution in [0.25, 0.3) is 0 Å². The fourth-order valence-electron chi connectivity index (χ4n) is 2.00. The van der Waals surface area contributed by atoms with Gasteiger partial charge in [-0.2, -0.15) is 0 Å². The van der Waals surface area contributed by atoms with Crippen molar-refractivity contribution in [2.45, 2.75) is 32.6 Å². The Morgan fingerprint density at radius 1 is 1.39 bits per heavy atom. The van der Waals surface area contributed by atoms with E-state index in [2.05, 4.69) is 10.5 Å². The largest absolute Gasteiger partial charge is 0.360 e. The third kappa shape index (κ3) is 3.32. The quantitative estimate of drug-likeness (QED) is 0.822. The lowest BCUT2D eigenvalue weighted by atomic mass is 10.1. The van der Waals surface area contributed by atoms with E-state index >= 15 is 0 Å². The molecule has 1 aromatic rings. The molecule has 1 aromatic heterocycles. The maximum Gasteiger partial charge on any atom is 0.235 e. The number of hydrogen-bond acceptors (Lipinski definition) is 4. The van der Waals surface area contributed by atoms with Crippen LogP contribution in [0.2, 0.25) is 0 Å². The van der Waals surface area contributed by atoms with Crippen molar-refractivity contribution in [3.05, 3.63) is 11.8 Å². The van der Waals surface area contributed by atoms with Gasteiger partial charge in [0, 0.05) is 19.2 Å². The smallest absolute Gasteiger partial charge is 0.235 e. The lowest BCUT2D eigenvalue weighted by Gasteiger charge is -2.26. The molecule has 0 aliphatic carbocycles. The Labute approximate surface area is 105 Å². The van der Waals surface area contributed by atoms with Crippen molar-refractivity contribution in [1.29, 1.82) is 0 Å². The molecule has 0 saturated carbocycles. The Bertz CT molecular complexity index is 436. The summed E-state index contributed by atoms with van der Waals surface area (Å²) in [7, 11) is 0. The van der Waals surface area contributed by atoms with Crippen LogP contribution in [-0.2, 0) is 9.59 Å². The second kappa shape index (κ2) is 5.66. The van der Waals surface area contributed by atoms with Crippen LogP contribution >= 0.6 is 0 Å². The Balaban J connectivity index is 1.81. The van der Waals surface area contributed by atoms with Gasteiger partial charge in [-0.25, -0.2) is 0 Å². The summed E-state index contributed by atoms with van der Waals surface area (Å²) in [6.45, 7) is 3.26. The van der Waals surface area contributed by atoms with E-state index in [-0.39, 0.29) is 18.2 Å². The second-order valence-electron chi connectivity index (χ2n) is 4.49. The van der Waals surface area contributed by atoms with Crippen molar-refractivity contribution in [2.24, 2.45) is 0 Å². The summed E-state index contributed by atoms with van der Waals surface area (Å²) < 4.78 is 4.83. The standard InChI is InChI=1S/C12H17N3O3/c1-9-7-10(14-18-9)13-11(16)8-12(17)15-5-3-2-4-6-15/h7H,2-6,8H2,1H3,(H,13,14,16). The highest BCUT2D eigenvalue weighted by Gasteiger charge is 2.19. The normalized spacial score (nSPS) is 15.5. The van der Waals surface area contributed by atoms with Gasteiger partial charge in [-0.3, -0.25) is 9.59 Å². The number of likely N-dealkylation sites (tertiary alicyclic amines) is 1. The summed E-state index contributed by atoms with van der Waals surface area (Å²) in [5.74, 6) is 0.503. The molecule has 1 aliphatic rings. The molecule has 0 aromatic carbocycles. The van der Waals surface area contributed by atoms with E-state index in [4.69, 9.17) is 4.52 Å². The summed E-state index contributed by atoms with van der Waals surface area (Å²) in [5, 5.41) is 6.19. The molecule has 1 saturated heterocycles. The van der Waals surface area contributed by atoms with E-state index in [0.717, 1.165) is 32.4 Å². The summed E-state index contributed by atoms with van der Waals surface area (Å²) in [5.41, 5.74) is 0. The van der Waals surface area contributed by atoms with Crippen LogP contribution in [0.4, 0.5) is 5.82 Å². The summed E-state index contributed by atoms with van der Waals surface area (Å²) in [4.78, 5) is 25.2. The van der Waals surface area contributed by atoms with Crippen LogP contribution in [0.5, 0.6) is 0 Å². The number of carbonyl (C=O) groups excluding carboxylic acids is 2. The number of aromatic nitrogens is 1. The van der Waals surface area contributed by atoms with Gasteiger partial charge in [0.1, 0.15) is 12.2 Å². The molecule has 1 fully saturated rings. The van der Waals surface area contributed by atoms with Gasteiger partial charge in [0.25, 0.3) is 0 Å². The molecule has 0 atom stereocenters. The highest BCUT2D eigenvalue weighted by molar-refractivity contribution is 6.03. The minimum atomic E-state index is -0.348. The van der Waals surface area contributed by atoms with Crippen LogP contribution in [0, 0.1) is 6.92 Å². The van der Waals surface area contributed by atoms with Crippen molar-refractivity contribution in [3.8, 4) is 0 Å². The highest BCUT2D eigenvalue weighted by atomic mass is 16.5. The number of amides is 2. The molecular formula is C12H17N3O3. The Hall–Kier alpha value is -1.85. The molecule has 0 unspecified atom stereocenters. The molecule has 6 nitrogen and oxygen atoms in total.